The van der Waals surface area contributed by atoms with Crippen molar-refractivity contribution in [3.05, 3.63) is 0 Å². The standard InChI is InChI=1S/C12H22N2O2.C2H6/c15-12(14-7-9-16-10-8-14)11-13-5-3-1-2-4-6-13;1-2/h1-11H2;1-2H3. The monoisotopic (exact) mass is 256 g/mol. The van der Waals surface area contributed by atoms with Crippen molar-refractivity contribution in [3.8, 4) is 0 Å². The summed E-state index contributed by atoms with van der Waals surface area (Å²) in [6.07, 6.45) is 5.14. The van der Waals surface area contributed by atoms with Gasteiger partial charge in [0.25, 0.3) is 0 Å². The van der Waals surface area contributed by atoms with Gasteiger partial charge in [0, 0.05) is 13.1 Å². The van der Waals surface area contributed by atoms with E-state index in [1.54, 1.807) is 0 Å². The summed E-state index contributed by atoms with van der Waals surface area (Å²) in [5.74, 6) is 0.283. The molecule has 2 saturated heterocycles. The molecule has 4 nitrogen and oxygen atoms in total. The first kappa shape index (κ1) is 15.4. The number of carbonyl (C=O) groups excluding carboxylic acids is 1. The lowest BCUT2D eigenvalue weighted by atomic mass is 10.2. The fraction of sp³-hybridized carbons (Fsp3) is 0.929. The van der Waals surface area contributed by atoms with E-state index in [1.807, 2.05) is 18.7 Å². The molecule has 2 heterocycles. The molecule has 0 aromatic rings. The van der Waals surface area contributed by atoms with E-state index in [4.69, 9.17) is 4.74 Å². The summed E-state index contributed by atoms with van der Waals surface area (Å²) in [6.45, 7) is 9.74. The Labute approximate surface area is 111 Å². The van der Waals surface area contributed by atoms with Gasteiger partial charge in [0.2, 0.25) is 5.91 Å². The quantitative estimate of drug-likeness (QED) is 0.754. The highest BCUT2D eigenvalue weighted by atomic mass is 16.5. The van der Waals surface area contributed by atoms with Gasteiger partial charge in [0.05, 0.1) is 19.8 Å². The van der Waals surface area contributed by atoms with E-state index in [2.05, 4.69) is 4.90 Å². The first-order valence-corrected chi connectivity index (χ1v) is 7.44. The largest absolute Gasteiger partial charge is 0.378 e. The van der Waals surface area contributed by atoms with E-state index in [-0.39, 0.29) is 5.91 Å². The molecule has 0 aromatic heterocycles. The second-order valence-corrected chi connectivity index (χ2v) is 4.68. The van der Waals surface area contributed by atoms with Crippen molar-refractivity contribution in [2.24, 2.45) is 0 Å². The predicted octanol–water partition coefficient (Wildman–Crippen LogP) is 1.75. The van der Waals surface area contributed by atoms with Crippen molar-refractivity contribution in [2.45, 2.75) is 39.5 Å². The first-order valence-electron chi connectivity index (χ1n) is 7.44. The van der Waals surface area contributed by atoms with Crippen molar-refractivity contribution in [3.63, 3.8) is 0 Å². The molecular formula is C14H28N2O2. The van der Waals surface area contributed by atoms with Crippen molar-refractivity contribution in [2.75, 3.05) is 45.9 Å². The van der Waals surface area contributed by atoms with E-state index in [9.17, 15) is 4.79 Å². The minimum absolute atomic E-state index is 0.283. The third-order valence-electron chi connectivity index (χ3n) is 3.42. The number of amides is 1. The molecule has 0 saturated carbocycles. The van der Waals surface area contributed by atoms with Gasteiger partial charge in [0.1, 0.15) is 0 Å². The van der Waals surface area contributed by atoms with Gasteiger partial charge >= 0.3 is 0 Å². The van der Waals surface area contributed by atoms with Gasteiger partial charge in [-0.05, 0) is 25.9 Å². The van der Waals surface area contributed by atoms with Crippen LogP contribution in [0, 0.1) is 0 Å². The minimum atomic E-state index is 0.283. The maximum Gasteiger partial charge on any atom is 0.236 e. The maximum absolute atomic E-state index is 12.0. The molecule has 2 fully saturated rings. The normalized spacial score (nSPS) is 21.8. The molecule has 0 radical (unpaired) electrons. The van der Waals surface area contributed by atoms with Gasteiger partial charge in [-0.25, -0.2) is 0 Å². The van der Waals surface area contributed by atoms with Gasteiger partial charge in [-0.2, -0.15) is 0 Å². The molecule has 0 spiro atoms. The number of carbonyl (C=O) groups is 1. The van der Waals surface area contributed by atoms with Gasteiger partial charge in [-0.3, -0.25) is 9.69 Å². The molecular weight excluding hydrogens is 228 g/mol. The summed E-state index contributed by atoms with van der Waals surface area (Å²) in [6, 6.07) is 0. The summed E-state index contributed by atoms with van der Waals surface area (Å²) in [5.41, 5.74) is 0. The van der Waals surface area contributed by atoms with Crippen LogP contribution >= 0.6 is 0 Å². The van der Waals surface area contributed by atoms with Gasteiger partial charge in [-0.1, -0.05) is 26.7 Å². The molecule has 2 rings (SSSR count). The molecule has 106 valence electrons. The third-order valence-corrected chi connectivity index (χ3v) is 3.42. The molecule has 0 atom stereocenters. The Balaban J connectivity index is 0.000000771. The number of nitrogens with zero attached hydrogens (tertiary/aromatic N) is 2. The molecule has 0 aromatic carbocycles. The van der Waals surface area contributed by atoms with Crippen molar-refractivity contribution in [1.29, 1.82) is 0 Å². The maximum atomic E-state index is 12.0. The van der Waals surface area contributed by atoms with Crippen molar-refractivity contribution in [1.82, 2.24) is 9.80 Å². The highest BCUT2D eigenvalue weighted by molar-refractivity contribution is 5.78. The Bertz CT molecular complexity index is 220. The molecule has 0 unspecified atom stereocenters. The number of likely N-dealkylation sites (tertiary alicyclic amines) is 1. The lowest BCUT2D eigenvalue weighted by Crippen LogP contribution is -2.45. The average molecular weight is 256 g/mol. The third kappa shape index (κ3) is 5.36. The zero-order chi connectivity index (χ0) is 13.2. The SMILES string of the molecule is CC.O=C(CN1CCCCCC1)N1CCOCC1. The lowest BCUT2D eigenvalue weighted by Gasteiger charge is -2.29. The molecule has 0 aliphatic carbocycles. The second-order valence-electron chi connectivity index (χ2n) is 4.68. The van der Waals surface area contributed by atoms with E-state index in [1.165, 1.54) is 25.7 Å². The summed E-state index contributed by atoms with van der Waals surface area (Å²) in [7, 11) is 0. The van der Waals surface area contributed by atoms with Crippen LogP contribution in [-0.2, 0) is 9.53 Å². The van der Waals surface area contributed by atoms with Gasteiger partial charge < -0.3 is 9.64 Å². The highest BCUT2D eigenvalue weighted by Gasteiger charge is 2.19. The second kappa shape index (κ2) is 9.34. The summed E-state index contributed by atoms with van der Waals surface area (Å²) < 4.78 is 5.25. The van der Waals surface area contributed by atoms with Crippen molar-refractivity contribution >= 4 is 5.91 Å². The topological polar surface area (TPSA) is 32.8 Å². The molecule has 2 aliphatic rings. The van der Waals surface area contributed by atoms with Crippen LogP contribution in [-0.4, -0.2) is 61.6 Å². The summed E-state index contributed by atoms with van der Waals surface area (Å²) in [5, 5.41) is 0. The van der Waals surface area contributed by atoms with E-state index < -0.39 is 0 Å². The molecule has 4 heteroatoms. The minimum Gasteiger partial charge on any atom is -0.378 e. The molecule has 18 heavy (non-hydrogen) atoms. The van der Waals surface area contributed by atoms with Crippen LogP contribution < -0.4 is 0 Å². The number of hydrogen-bond donors (Lipinski definition) is 0. The molecule has 0 bridgehead atoms. The van der Waals surface area contributed by atoms with E-state index >= 15 is 0 Å². The van der Waals surface area contributed by atoms with Gasteiger partial charge in [-0.15, -0.1) is 0 Å². The molecule has 2 aliphatic heterocycles. The molecule has 1 amide bonds. The molecule has 0 N–H and O–H groups in total. The van der Waals surface area contributed by atoms with Crippen LogP contribution in [0.15, 0.2) is 0 Å². The van der Waals surface area contributed by atoms with Crippen LogP contribution in [0.3, 0.4) is 0 Å². The Hall–Kier alpha value is -0.610. The summed E-state index contributed by atoms with van der Waals surface area (Å²) in [4.78, 5) is 16.3. The Morgan fingerprint density at radius 3 is 2.06 bits per heavy atom. The van der Waals surface area contributed by atoms with Crippen LogP contribution in [0.2, 0.25) is 0 Å². The Morgan fingerprint density at radius 1 is 0.944 bits per heavy atom. The van der Waals surface area contributed by atoms with E-state index in [0.717, 1.165) is 26.2 Å². The smallest absolute Gasteiger partial charge is 0.236 e. The zero-order valence-corrected chi connectivity index (χ0v) is 12.0. The lowest BCUT2D eigenvalue weighted by molar-refractivity contribution is -0.136. The first-order chi connectivity index (χ1) is 8.86. The predicted molar refractivity (Wildman–Crippen MR) is 73.7 cm³/mol. The fourth-order valence-corrected chi connectivity index (χ4v) is 2.40. The Morgan fingerprint density at radius 2 is 1.50 bits per heavy atom. The highest BCUT2D eigenvalue weighted by Crippen LogP contribution is 2.10. The van der Waals surface area contributed by atoms with Crippen LogP contribution in [0.4, 0.5) is 0 Å². The zero-order valence-electron chi connectivity index (χ0n) is 12.0. The van der Waals surface area contributed by atoms with Crippen LogP contribution in [0.1, 0.15) is 39.5 Å². The van der Waals surface area contributed by atoms with Crippen LogP contribution in [0.25, 0.3) is 0 Å². The van der Waals surface area contributed by atoms with Gasteiger partial charge in [0.15, 0.2) is 0 Å². The number of morpholine rings is 1. The number of ether oxygens (including phenoxy) is 1. The van der Waals surface area contributed by atoms with Crippen molar-refractivity contribution < 1.29 is 9.53 Å². The average Bonchev–Trinajstić information content (AvgIpc) is 2.71. The fourth-order valence-electron chi connectivity index (χ4n) is 2.40. The number of hydrogen-bond acceptors (Lipinski definition) is 3. The van der Waals surface area contributed by atoms with E-state index in [0.29, 0.717) is 19.8 Å². The number of rotatable bonds is 2. The summed E-state index contributed by atoms with van der Waals surface area (Å²) >= 11 is 0. The Kier molecular flexibility index (Phi) is 8.01. The van der Waals surface area contributed by atoms with Crippen LogP contribution in [0.5, 0.6) is 0 Å².